The van der Waals surface area contributed by atoms with Gasteiger partial charge in [-0.25, -0.2) is 0 Å². The fraction of sp³-hybridized carbons (Fsp3) is 0.875. The highest BCUT2D eigenvalue weighted by Crippen LogP contribution is 2.75. The number of ketones is 1. The van der Waals surface area contributed by atoms with Crippen LogP contribution in [0, 0.1) is 56.7 Å². The summed E-state index contributed by atoms with van der Waals surface area (Å²) in [6.07, 6.45) is 5.27. The Kier molecular flexibility index (Phi) is 6.04. The van der Waals surface area contributed by atoms with Crippen molar-refractivity contribution in [2.45, 2.75) is 119 Å². The predicted molar refractivity (Wildman–Crippen MR) is 143 cm³/mol. The lowest BCUT2D eigenvalue weighted by atomic mass is 9.32. The lowest BCUT2D eigenvalue weighted by molar-refractivity contribution is -0.276. The zero-order chi connectivity index (χ0) is 27.5. The maximum absolute atomic E-state index is 14.4. The van der Waals surface area contributed by atoms with Gasteiger partial charge in [-0.15, -0.1) is 0 Å². The third-order valence-corrected chi connectivity index (χ3v) is 13.5. The van der Waals surface area contributed by atoms with E-state index in [9.17, 15) is 19.8 Å². The molecule has 0 bridgehead atoms. The largest absolute Gasteiger partial charge is 0.459 e. The molecule has 0 radical (unpaired) electrons. The first-order valence-corrected chi connectivity index (χ1v) is 14.8. The molecule has 0 aromatic rings. The van der Waals surface area contributed by atoms with E-state index in [0.29, 0.717) is 17.8 Å². The van der Waals surface area contributed by atoms with Crippen molar-refractivity contribution in [3.63, 3.8) is 0 Å². The van der Waals surface area contributed by atoms with E-state index in [4.69, 9.17) is 4.74 Å². The highest BCUT2D eigenvalue weighted by atomic mass is 16.6. The van der Waals surface area contributed by atoms with Crippen molar-refractivity contribution in [3.05, 3.63) is 11.6 Å². The molecule has 208 valence electrons. The van der Waals surface area contributed by atoms with Crippen molar-refractivity contribution in [2.75, 3.05) is 0 Å². The molecule has 5 aliphatic rings. The van der Waals surface area contributed by atoms with Crippen LogP contribution in [-0.4, -0.2) is 40.3 Å². The highest BCUT2D eigenvalue weighted by Gasteiger charge is 2.73. The van der Waals surface area contributed by atoms with Crippen LogP contribution in [0.15, 0.2) is 11.6 Å². The van der Waals surface area contributed by atoms with Crippen LogP contribution in [0.4, 0.5) is 0 Å². The topological polar surface area (TPSA) is 83.8 Å². The van der Waals surface area contributed by atoms with E-state index >= 15 is 0 Å². The van der Waals surface area contributed by atoms with Gasteiger partial charge in [0.15, 0.2) is 5.78 Å². The summed E-state index contributed by atoms with van der Waals surface area (Å²) in [5.74, 6) is 0.808. The number of carbonyl (C=O) groups excluding carboxylic acids is 2. The molecule has 5 rings (SSSR count). The molecule has 2 unspecified atom stereocenters. The first-order valence-electron chi connectivity index (χ1n) is 14.8. The first kappa shape index (κ1) is 27.4. The zero-order valence-corrected chi connectivity index (χ0v) is 24.6. The molecule has 5 aliphatic carbocycles. The summed E-state index contributed by atoms with van der Waals surface area (Å²) in [5, 5.41) is 23.2. The lowest BCUT2D eigenvalue weighted by Gasteiger charge is -2.71. The molecule has 0 aromatic carbocycles. The van der Waals surface area contributed by atoms with Gasteiger partial charge in [0.05, 0.1) is 6.10 Å². The Morgan fingerprint density at radius 3 is 2.24 bits per heavy atom. The molecule has 37 heavy (non-hydrogen) atoms. The Hall–Kier alpha value is -1.20. The molecule has 0 amide bonds. The summed E-state index contributed by atoms with van der Waals surface area (Å²) >= 11 is 0. The summed E-state index contributed by atoms with van der Waals surface area (Å²) in [6.45, 7) is 19.4. The molecule has 0 heterocycles. The van der Waals surface area contributed by atoms with E-state index in [1.54, 1.807) is 0 Å². The molecule has 0 spiro atoms. The molecule has 4 fully saturated rings. The van der Waals surface area contributed by atoms with Crippen LogP contribution in [-0.2, 0) is 14.3 Å². The van der Waals surface area contributed by atoms with Gasteiger partial charge in [0.25, 0.3) is 0 Å². The van der Waals surface area contributed by atoms with Crippen molar-refractivity contribution in [1.82, 2.24) is 0 Å². The lowest BCUT2D eigenvalue weighted by Crippen LogP contribution is -2.73. The van der Waals surface area contributed by atoms with Crippen LogP contribution in [0.2, 0.25) is 0 Å². The Morgan fingerprint density at radius 1 is 0.973 bits per heavy atom. The van der Waals surface area contributed by atoms with Gasteiger partial charge in [0.2, 0.25) is 0 Å². The van der Waals surface area contributed by atoms with Crippen LogP contribution in [0.5, 0.6) is 0 Å². The van der Waals surface area contributed by atoms with Gasteiger partial charge in [-0.3, -0.25) is 9.59 Å². The van der Waals surface area contributed by atoms with E-state index in [-0.39, 0.29) is 27.9 Å². The molecule has 0 saturated heterocycles. The van der Waals surface area contributed by atoms with Gasteiger partial charge >= 0.3 is 5.97 Å². The normalized spacial score (nSPS) is 54.7. The van der Waals surface area contributed by atoms with Crippen LogP contribution in [0.1, 0.15) is 101 Å². The van der Waals surface area contributed by atoms with Gasteiger partial charge in [0.1, 0.15) is 12.2 Å². The van der Waals surface area contributed by atoms with E-state index in [1.807, 2.05) is 26.8 Å². The van der Waals surface area contributed by atoms with Crippen molar-refractivity contribution in [1.29, 1.82) is 0 Å². The van der Waals surface area contributed by atoms with Crippen molar-refractivity contribution >= 4 is 11.8 Å². The molecule has 5 heteroatoms. The minimum Gasteiger partial charge on any atom is -0.459 e. The average molecular weight is 515 g/mol. The molecule has 0 aliphatic heterocycles. The third kappa shape index (κ3) is 3.28. The second-order valence-corrected chi connectivity index (χ2v) is 15.4. The maximum atomic E-state index is 14.4. The minimum atomic E-state index is -1.23. The van der Waals surface area contributed by atoms with Crippen LogP contribution < -0.4 is 0 Å². The van der Waals surface area contributed by atoms with Gasteiger partial charge in [0, 0.05) is 23.7 Å². The molecular formula is C32H50O5. The Bertz CT molecular complexity index is 1030. The summed E-state index contributed by atoms with van der Waals surface area (Å²) in [7, 11) is 0. The van der Waals surface area contributed by atoms with Crippen molar-refractivity contribution in [3.8, 4) is 0 Å². The number of hydrogen-bond acceptors (Lipinski definition) is 5. The Labute approximate surface area is 223 Å². The van der Waals surface area contributed by atoms with Crippen LogP contribution in [0.3, 0.4) is 0 Å². The number of aliphatic hydroxyl groups is 2. The second-order valence-electron chi connectivity index (χ2n) is 15.4. The molecule has 5 nitrogen and oxygen atoms in total. The minimum absolute atomic E-state index is 0.0641. The first-order chi connectivity index (χ1) is 17.0. The summed E-state index contributed by atoms with van der Waals surface area (Å²) in [6, 6.07) is 0. The molecule has 4 saturated carbocycles. The van der Waals surface area contributed by atoms with Crippen molar-refractivity contribution < 1.29 is 24.5 Å². The number of fused-ring (bicyclic) bond motifs is 7. The standard InChI is InChI=1S/C32H50O5/c1-17-10-12-29(6)14-15-30(7)20(23(29)18(17)2)16-21(34)25-31(30,8)13-11-22-28(4,5)27(37-19(3)33)24(35)26(36)32(22,25)9/h16-18,22-27,35-36H,10-15H2,1-9H3/t17-,18+,22?,23?,24-,25+,26-,27+,29-,30-,31-,32+/m1/s1. The van der Waals surface area contributed by atoms with Gasteiger partial charge in [-0.2, -0.15) is 0 Å². The maximum Gasteiger partial charge on any atom is 0.303 e. The van der Waals surface area contributed by atoms with Gasteiger partial charge in [-0.05, 0) is 84.5 Å². The number of allylic oxidation sites excluding steroid dienone is 2. The number of ether oxygens (including phenoxy) is 1. The van der Waals surface area contributed by atoms with E-state index in [0.717, 1.165) is 19.3 Å². The second kappa shape index (κ2) is 8.16. The number of aliphatic hydroxyl groups excluding tert-OH is 2. The number of carbonyl (C=O) groups is 2. The van der Waals surface area contributed by atoms with Crippen molar-refractivity contribution in [2.24, 2.45) is 56.7 Å². The fourth-order valence-corrected chi connectivity index (χ4v) is 11.1. The van der Waals surface area contributed by atoms with Crippen LogP contribution >= 0.6 is 0 Å². The predicted octanol–water partition coefficient (Wildman–Crippen LogP) is 5.72. The van der Waals surface area contributed by atoms with Gasteiger partial charge < -0.3 is 14.9 Å². The number of hydrogen-bond donors (Lipinski definition) is 2. The molecule has 2 N–H and O–H groups in total. The van der Waals surface area contributed by atoms with E-state index in [1.165, 1.54) is 31.8 Å². The van der Waals surface area contributed by atoms with Gasteiger partial charge in [-0.1, -0.05) is 61.0 Å². The zero-order valence-electron chi connectivity index (χ0n) is 24.6. The molecule has 0 aromatic heterocycles. The average Bonchev–Trinajstić information content (AvgIpc) is 2.79. The summed E-state index contributed by atoms with van der Waals surface area (Å²) in [5.41, 5.74) is -0.232. The number of esters is 1. The number of rotatable bonds is 1. The Balaban J connectivity index is 1.65. The fourth-order valence-electron chi connectivity index (χ4n) is 11.1. The highest BCUT2D eigenvalue weighted by molar-refractivity contribution is 5.95. The summed E-state index contributed by atoms with van der Waals surface area (Å²) in [4.78, 5) is 26.4. The SMILES string of the molecule is CC(=O)O[C@H]1[C@H](O)[C@@H](O)[C@@]2(C)C(CC[C@]3(C)[C@@H]2C(=O)C=C2C4[C@@H](C)[C@H](C)CC[C@]4(C)CC[C@]23C)C1(C)C. The molecular weight excluding hydrogens is 464 g/mol. The smallest absolute Gasteiger partial charge is 0.303 e. The van der Waals surface area contributed by atoms with E-state index < -0.39 is 41.0 Å². The molecule has 12 atom stereocenters. The Morgan fingerprint density at radius 2 is 1.62 bits per heavy atom. The monoisotopic (exact) mass is 514 g/mol. The summed E-state index contributed by atoms with van der Waals surface area (Å²) < 4.78 is 5.62. The van der Waals surface area contributed by atoms with E-state index in [2.05, 4.69) is 34.6 Å². The van der Waals surface area contributed by atoms with Crippen LogP contribution in [0.25, 0.3) is 0 Å². The quantitative estimate of drug-likeness (QED) is 0.438. The third-order valence-electron chi connectivity index (χ3n) is 13.5.